The molecule has 0 spiro atoms. The molecular formula is C57H61N4O6PS. The number of carbonyl (C=O) groups is 6. The Hall–Kier alpha value is -6.77. The Bertz CT molecular complexity index is 2490. The van der Waals surface area contributed by atoms with E-state index in [1.165, 1.54) is 29.3 Å². The molecule has 6 aromatic carbocycles. The van der Waals surface area contributed by atoms with Gasteiger partial charge in [-0.3, -0.25) is 19.2 Å². The van der Waals surface area contributed by atoms with Crippen LogP contribution in [0.15, 0.2) is 187 Å². The van der Waals surface area contributed by atoms with E-state index >= 15 is 0 Å². The molecule has 6 aromatic rings. The molecule has 6 rings (SSSR count). The first-order valence-electron chi connectivity index (χ1n) is 23.0. The van der Waals surface area contributed by atoms with Crippen molar-refractivity contribution >= 4 is 64.4 Å². The Balaban J connectivity index is 0.000000239. The number of thioether (sulfide) groups is 1. The molecule has 2 atom stereocenters. The first-order valence-corrected chi connectivity index (χ1v) is 25.5. The number of Topliss-reactive ketones (excluding diaryl/α,β-unsaturated/α-hetero) is 4. The Morgan fingerprint density at radius 1 is 0.536 bits per heavy atom. The van der Waals surface area contributed by atoms with Crippen molar-refractivity contribution in [3.63, 3.8) is 0 Å². The summed E-state index contributed by atoms with van der Waals surface area (Å²) in [7, 11) is -0.631. The van der Waals surface area contributed by atoms with Crippen molar-refractivity contribution in [2.24, 2.45) is 17.0 Å². The van der Waals surface area contributed by atoms with Gasteiger partial charge in [0.1, 0.15) is 17.3 Å². The SMILES string of the molecule is CC(=O)C[C@@H](Cc1ccccc1)C(=O)NCC(=O)CCc1ccccc1.CC(=O)C[C@@H](Cc1ccccc1)C(=O)SCP(c1ccccc1)c1ccccc1.[N-]=[N+]=NCC(=O)CCc1ccccc1. The number of rotatable bonds is 24. The molecule has 0 heterocycles. The third-order valence-corrected chi connectivity index (χ3v) is 14.7. The topological polar surface area (TPSA) is 163 Å². The van der Waals surface area contributed by atoms with Crippen molar-refractivity contribution in [3.05, 3.63) is 215 Å². The van der Waals surface area contributed by atoms with Gasteiger partial charge in [0, 0.05) is 47.9 Å². The highest BCUT2D eigenvalue weighted by Crippen LogP contribution is 2.39. The molecule has 12 heteroatoms. The summed E-state index contributed by atoms with van der Waals surface area (Å²) in [4.78, 5) is 74.5. The standard InChI is InChI=1S/C25H25O2PS.C22H25NO3.C10H11N3O/c1-20(26)17-22(18-21-11-5-2-6-12-21)25(27)29-19-28(23-13-7-3-8-14-23)24-15-9-4-10-16-24;1-17(24)14-20(15-19-10-6-3-7-11-19)22(26)23-16-21(25)13-12-18-8-4-2-5-9-18;11-13-12-8-10(14)7-6-9-4-2-1-3-5-9/h2-16,22H,17-19H2,1H3;2-11,20H,12-16H2,1H3,(H,23,26);1-5H,6-8H2/t22-;20-;/m00./s1. The minimum atomic E-state index is -0.631. The van der Waals surface area contributed by atoms with E-state index in [-0.39, 0.29) is 59.6 Å². The highest BCUT2D eigenvalue weighted by molar-refractivity contribution is 8.18. The van der Waals surface area contributed by atoms with E-state index < -0.39 is 13.8 Å². The molecule has 69 heavy (non-hydrogen) atoms. The second-order valence-electron chi connectivity index (χ2n) is 16.4. The smallest absolute Gasteiger partial charge is 0.224 e. The van der Waals surface area contributed by atoms with E-state index in [1.54, 1.807) is 6.92 Å². The van der Waals surface area contributed by atoms with Crippen molar-refractivity contribution < 1.29 is 28.8 Å². The molecule has 10 nitrogen and oxygen atoms in total. The fraction of sp³-hybridized carbons (Fsp3) is 0.263. The van der Waals surface area contributed by atoms with Gasteiger partial charge in [-0.1, -0.05) is 199 Å². The lowest BCUT2D eigenvalue weighted by Gasteiger charge is -2.20. The second-order valence-corrected chi connectivity index (χ2v) is 20.0. The van der Waals surface area contributed by atoms with Crippen LogP contribution in [0.4, 0.5) is 0 Å². The van der Waals surface area contributed by atoms with Gasteiger partial charge in [0.25, 0.3) is 0 Å². The summed E-state index contributed by atoms with van der Waals surface area (Å²) >= 11 is 1.38. The second kappa shape index (κ2) is 32.1. The Morgan fingerprint density at radius 2 is 0.913 bits per heavy atom. The first-order chi connectivity index (χ1) is 33.5. The predicted octanol–water partition coefficient (Wildman–Crippen LogP) is 10.8. The zero-order valence-electron chi connectivity index (χ0n) is 39.4. The molecule has 1 amide bonds. The van der Waals surface area contributed by atoms with E-state index in [9.17, 15) is 28.8 Å². The number of ketones is 4. The van der Waals surface area contributed by atoms with Gasteiger partial charge in [-0.15, -0.1) is 0 Å². The fourth-order valence-corrected chi connectivity index (χ4v) is 11.2. The van der Waals surface area contributed by atoms with Crippen LogP contribution in [0.25, 0.3) is 10.4 Å². The summed E-state index contributed by atoms with van der Waals surface area (Å²) in [6.07, 6.45) is 3.78. The summed E-state index contributed by atoms with van der Waals surface area (Å²) in [5, 5.41) is 8.56. The number of aryl methyl sites for hydroxylation is 2. The third-order valence-electron chi connectivity index (χ3n) is 10.7. The van der Waals surface area contributed by atoms with Gasteiger partial charge in [-0.2, -0.15) is 0 Å². The molecule has 0 unspecified atom stereocenters. The summed E-state index contributed by atoms with van der Waals surface area (Å²) in [6, 6.07) is 59.9. The fourth-order valence-electron chi connectivity index (χ4n) is 7.21. The van der Waals surface area contributed by atoms with Crippen molar-refractivity contribution in [1.82, 2.24) is 5.32 Å². The number of benzene rings is 6. The van der Waals surface area contributed by atoms with Crippen LogP contribution in [0.2, 0.25) is 0 Å². The molecule has 356 valence electrons. The average molecular weight is 961 g/mol. The number of nitrogens with one attached hydrogen (secondary N) is 1. The molecule has 0 aliphatic heterocycles. The van der Waals surface area contributed by atoms with E-state index in [2.05, 4.69) is 39.6 Å². The minimum absolute atomic E-state index is 0.00879. The monoisotopic (exact) mass is 960 g/mol. The van der Waals surface area contributed by atoms with E-state index in [1.807, 2.05) is 158 Å². The van der Waals surface area contributed by atoms with Crippen molar-refractivity contribution in [1.29, 1.82) is 0 Å². The maximum atomic E-state index is 13.1. The Morgan fingerprint density at radius 3 is 1.33 bits per heavy atom. The zero-order valence-corrected chi connectivity index (χ0v) is 41.1. The molecule has 0 bridgehead atoms. The molecular weight excluding hydrogens is 900 g/mol. The van der Waals surface area contributed by atoms with Crippen LogP contribution in [0.1, 0.15) is 61.8 Å². The van der Waals surface area contributed by atoms with Gasteiger partial charge in [-0.05, 0) is 85.8 Å². The van der Waals surface area contributed by atoms with Gasteiger partial charge in [0.05, 0.1) is 13.1 Å². The maximum absolute atomic E-state index is 13.1. The highest BCUT2D eigenvalue weighted by Gasteiger charge is 2.24. The quantitative estimate of drug-likeness (QED) is 0.0273. The number of hydrogen-bond donors (Lipinski definition) is 1. The zero-order chi connectivity index (χ0) is 49.5. The van der Waals surface area contributed by atoms with E-state index in [0.29, 0.717) is 44.9 Å². The molecule has 0 radical (unpaired) electrons. The van der Waals surface area contributed by atoms with Gasteiger partial charge in [0.15, 0.2) is 10.9 Å². The first kappa shape index (κ1) is 54.8. The average Bonchev–Trinajstić information content (AvgIpc) is 3.37. The van der Waals surface area contributed by atoms with Crippen LogP contribution >= 0.6 is 19.7 Å². The van der Waals surface area contributed by atoms with Crippen molar-refractivity contribution in [2.75, 3.05) is 18.6 Å². The summed E-state index contributed by atoms with van der Waals surface area (Å²) in [5.74, 6) is -0.961. The third kappa shape index (κ3) is 22.7. The van der Waals surface area contributed by atoms with Crippen LogP contribution in [0.5, 0.6) is 0 Å². The summed E-state index contributed by atoms with van der Waals surface area (Å²) in [6.45, 7) is 3.02. The van der Waals surface area contributed by atoms with Gasteiger partial charge in [0.2, 0.25) is 5.91 Å². The number of nitrogens with zero attached hydrogens (tertiary/aromatic N) is 3. The molecule has 0 aliphatic rings. The molecule has 0 aliphatic carbocycles. The number of carbonyl (C=O) groups excluding carboxylic acids is 6. The Labute approximate surface area is 412 Å². The lowest BCUT2D eigenvalue weighted by Crippen LogP contribution is -2.36. The molecule has 0 saturated heterocycles. The van der Waals surface area contributed by atoms with Crippen LogP contribution in [0.3, 0.4) is 0 Å². The van der Waals surface area contributed by atoms with Crippen LogP contribution < -0.4 is 15.9 Å². The van der Waals surface area contributed by atoms with E-state index in [0.717, 1.165) is 27.7 Å². The maximum Gasteiger partial charge on any atom is 0.224 e. The lowest BCUT2D eigenvalue weighted by molar-refractivity contribution is -0.130. The normalized spacial score (nSPS) is 11.2. The van der Waals surface area contributed by atoms with Crippen molar-refractivity contribution in [3.8, 4) is 0 Å². The summed E-state index contributed by atoms with van der Waals surface area (Å²) in [5.41, 5.74) is 13.1. The number of azide groups is 1. The molecule has 0 fully saturated rings. The van der Waals surface area contributed by atoms with Gasteiger partial charge < -0.3 is 14.9 Å². The van der Waals surface area contributed by atoms with Crippen LogP contribution in [-0.2, 0) is 54.5 Å². The number of amides is 1. The molecule has 0 saturated carbocycles. The largest absolute Gasteiger partial charge is 0.349 e. The Kier molecular flexibility index (Phi) is 25.5. The minimum Gasteiger partial charge on any atom is -0.349 e. The van der Waals surface area contributed by atoms with Crippen molar-refractivity contribution in [2.45, 2.75) is 65.2 Å². The van der Waals surface area contributed by atoms with Crippen LogP contribution in [0, 0.1) is 11.8 Å². The lowest BCUT2D eigenvalue weighted by atomic mass is 9.93. The highest BCUT2D eigenvalue weighted by atomic mass is 32.2. The van der Waals surface area contributed by atoms with E-state index in [4.69, 9.17) is 5.53 Å². The predicted molar refractivity (Wildman–Crippen MR) is 281 cm³/mol. The molecule has 1 N–H and O–H groups in total. The summed E-state index contributed by atoms with van der Waals surface area (Å²) < 4.78 is 0. The number of hydrogen-bond acceptors (Lipinski definition) is 8. The van der Waals surface area contributed by atoms with Gasteiger partial charge >= 0.3 is 0 Å². The molecule has 0 aromatic heterocycles. The van der Waals surface area contributed by atoms with Gasteiger partial charge in [-0.25, -0.2) is 0 Å². The van der Waals surface area contributed by atoms with Crippen LogP contribution in [-0.4, -0.2) is 52.7 Å².